The quantitative estimate of drug-likeness (QED) is 0.902. The Kier molecular flexibility index (Phi) is 4.59. The Hall–Kier alpha value is -2.07. The molecule has 1 fully saturated rings. The lowest BCUT2D eigenvalue weighted by Gasteiger charge is -2.23. The van der Waals surface area contributed by atoms with Gasteiger partial charge in [-0.15, -0.1) is 0 Å². The molecule has 0 unspecified atom stereocenters. The van der Waals surface area contributed by atoms with Gasteiger partial charge < -0.3 is 15.8 Å². The first kappa shape index (κ1) is 14.9. The van der Waals surface area contributed by atoms with Crippen LogP contribution in [0.5, 0.6) is 0 Å². The SMILES string of the molecule is C[C@H](Nc1cc(C2CCOCC2)ncc1N)c1ccccc1. The molecule has 2 aromatic rings. The van der Waals surface area contributed by atoms with Crippen molar-refractivity contribution in [1.82, 2.24) is 4.98 Å². The molecule has 0 radical (unpaired) electrons. The van der Waals surface area contributed by atoms with Gasteiger partial charge in [0.1, 0.15) is 0 Å². The third-order valence-corrected chi connectivity index (χ3v) is 4.27. The van der Waals surface area contributed by atoms with Crippen LogP contribution in [0.1, 0.15) is 43.0 Å². The third-order valence-electron chi connectivity index (χ3n) is 4.27. The molecule has 0 aliphatic carbocycles. The molecular weight excluding hydrogens is 274 g/mol. The van der Waals surface area contributed by atoms with Gasteiger partial charge in [0.05, 0.1) is 17.6 Å². The molecule has 0 bridgehead atoms. The van der Waals surface area contributed by atoms with Crippen molar-refractivity contribution in [1.29, 1.82) is 0 Å². The number of hydrogen-bond acceptors (Lipinski definition) is 4. The van der Waals surface area contributed by atoms with Crippen molar-refractivity contribution in [2.24, 2.45) is 0 Å². The zero-order chi connectivity index (χ0) is 15.4. The van der Waals surface area contributed by atoms with Gasteiger partial charge in [0, 0.05) is 30.9 Å². The van der Waals surface area contributed by atoms with Crippen LogP contribution in [-0.4, -0.2) is 18.2 Å². The van der Waals surface area contributed by atoms with Crippen molar-refractivity contribution >= 4 is 11.4 Å². The van der Waals surface area contributed by atoms with Crippen LogP contribution in [0.2, 0.25) is 0 Å². The molecule has 4 heteroatoms. The molecule has 1 atom stereocenters. The Morgan fingerprint density at radius 1 is 1.23 bits per heavy atom. The minimum Gasteiger partial charge on any atom is -0.396 e. The van der Waals surface area contributed by atoms with Crippen LogP contribution in [0.15, 0.2) is 42.6 Å². The van der Waals surface area contributed by atoms with Gasteiger partial charge in [0.15, 0.2) is 0 Å². The summed E-state index contributed by atoms with van der Waals surface area (Å²) < 4.78 is 5.43. The van der Waals surface area contributed by atoms with Crippen molar-refractivity contribution in [2.45, 2.75) is 31.7 Å². The van der Waals surface area contributed by atoms with Gasteiger partial charge in [-0.25, -0.2) is 0 Å². The summed E-state index contributed by atoms with van der Waals surface area (Å²) in [5.74, 6) is 0.474. The van der Waals surface area contributed by atoms with Crippen molar-refractivity contribution in [3.63, 3.8) is 0 Å². The fourth-order valence-electron chi connectivity index (χ4n) is 2.88. The second kappa shape index (κ2) is 6.79. The number of nitrogens with one attached hydrogen (secondary N) is 1. The summed E-state index contributed by atoms with van der Waals surface area (Å²) in [6, 6.07) is 12.7. The van der Waals surface area contributed by atoms with Gasteiger partial charge in [-0.1, -0.05) is 30.3 Å². The highest BCUT2D eigenvalue weighted by Gasteiger charge is 2.18. The predicted octanol–water partition coefficient (Wildman–Crippen LogP) is 3.73. The van der Waals surface area contributed by atoms with Gasteiger partial charge in [0.25, 0.3) is 0 Å². The maximum absolute atomic E-state index is 6.10. The molecular formula is C18H23N3O. The molecule has 0 spiro atoms. The number of ether oxygens (including phenoxy) is 1. The number of benzene rings is 1. The highest BCUT2D eigenvalue weighted by atomic mass is 16.5. The largest absolute Gasteiger partial charge is 0.396 e. The van der Waals surface area contributed by atoms with Crippen LogP contribution >= 0.6 is 0 Å². The molecule has 116 valence electrons. The summed E-state index contributed by atoms with van der Waals surface area (Å²) in [7, 11) is 0. The summed E-state index contributed by atoms with van der Waals surface area (Å²) in [4.78, 5) is 4.52. The maximum atomic E-state index is 6.10. The number of nitrogens with two attached hydrogens (primary N) is 1. The fourth-order valence-corrected chi connectivity index (χ4v) is 2.88. The second-order valence-corrected chi connectivity index (χ2v) is 5.86. The molecule has 0 amide bonds. The average molecular weight is 297 g/mol. The molecule has 4 nitrogen and oxygen atoms in total. The predicted molar refractivity (Wildman–Crippen MR) is 89.9 cm³/mol. The number of nitrogens with zero attached hydrogens (tertiary/aromatic N) is 1. The zero-order valence-corrected chi connectivity index (χ0v) is 13.0. The topological polar surface area (TPSA) is 60.2 Å². The molecule has 1 aromatic carbocycles. The number of rotatable bonds is 4. The van der Waals surface area contributed by atoms with Gasteiger partial charge in [-0.05, 0) is 31.4 Å². The number of aromatic nitrogens is 1. The van der Waals surface area contributed by atoms with Crippen LogP contribution in [-0.2, 0) is 4.74 Å². The molecule has 2 heterocycles. The first-order chi connectivity index (χ1) is 10.7. The Morgan fingerprint density at radius 2 is 1.95 bits per heavy atom. The van der Waals surface area contributed by atoms with Crippen molar-refractivity contribution in [3.05, 3.63) is 53.9 Å². The van der Waals surface area contributed by atoms with E-state index < -0.39 is 0 Å². The molecule has 1 aliphatic rings. The molecule has 1 aliphatic heterocycles. The van der Waals surface area contributed by atoms with Gasteiger partial charge in [-0.2, -0.15) is 0 Å². The second-order valence-electron chi connectivity index (χ2n) is 5.86. The van der Waals surface area contributed by atoms with E-state index in [4.69, 9.17) is 10.5 Å². The first-order valence-corrected chi connectivity index (χ1v) is 7.88. The van der Waals surface area contributed by atoms with Crippen LogP contribution in [0.25, 0.3) is 0 Å². The average Bonchev–Trinajstić information content (AvgIpc) is 2.58. The summed E-state index contributed by atoms with van der Waals surface area (Å²) in [6.45, 7) is 3.78. The Bertz CT molecular complexity index is 609. The van der Waals surface area contributed by atoms with Gasteiger partial charge in [-0.3, -0.25) is 4.98 Å². The van der Waals surface area contributed by atoms with E-state index in [0.717, 1.165) is 37.4 Å². The van der Waals surface area contributed by atoms with Crippen LogP contribution < -0.4 is 11.1 Å². The molecule has 1 aromatic heterocycles. The lowest BCUT2D eigenvalue weighted by Crippen LogP contribution is -2.16. The number of pyridine rings is 1. The maximum Gasteiger partial charge on any atom is 0.0736 e. The molecule has 0 saturated carbocycles. The van der Waals surface area contributed by atoms with E-state index in [1.807, 2.05) is 6.07 Å². The van der Waals surface area contributed by atoms with E-state index >= 15 is 0 Å². The molecule has 22 heavy (non-hydrogen) atoms. The molecule has 3 rings (SSSR count). The minimum atomic E-state index is 0.202. The summed E-state index contributed by atoms with van der Waals surface area (Å²) in [5, 5.41) is 3.51. The number of nitrogen functional groups attached to an aromatic ring is 1. The van der Waals surface area contributed by atoms with E-state index in [2.05, 4.69) is 47.6 Å². The van der Waals surface area contributed by atoms with Gasteiger partial charge >= 0.3 is 0 Å². The van der Waals surface area contributed by atoms with Crippen LogP contribution in [0.3, 0.4) is 0 Å². The van der Waals surface area contributed by atoms with E-state index in [-0.39, 0.29) is 6.04 Å². The summed E-state index contributed by atoms with van der Waals surface area (Å²) in [5.41, 5.74) is 10.1. The normalized spacial score (nSPS) is 17.1. The van der Waals surface area contributed by atoms with E-state index in [9.17, 15) is 0 Å². The first-order valence-electron chi connectivity index (χ1n) is 7.88. The number of anilines is 2. The lowest BCUT2D eigenvalue weighted by molar-refractivity contribution is 0.0845. The molecule has 1 saturated heterocycles. The van der Waals surface area contributed by atoms with Crippen LogP contribution in [0.4, 0.5) is 11.4 Å². The summed E-state index contributed by atoms with van der Waals surface area (Å²) in [6.07, 6.45) is 3.83. The van der Waals surface area contributed by atoms with Gasteiger partial charge in [0.2, 0.25) is 0 Å². The number of hydrogen-bond donors (Lipinski definition) is 2. The van der Waals surface area contributed by atoms with E-state index in [1.165, 1.54) is 5.56 Å². The van der Waals surface area contributed by atoms with Crippen molar-refractivity contribution in [3.8, 4) is 0 Å². The smallest absolute Gasteiger partial charge is 0.0736 e. The third kappa shape index (κ3) is 3.39. The van der Waals surface area contributed by atoms with Crippen LogP contribution in [0, 0.1) is 0 Å². The highest BCUT2D eigenvalue weighted by Crippen LogP contribution is 2.30. The minimum absolute atomic E-state index is 0.202. The summed E-state index contributed by atoms with van der Waals surface area (Å²) >= 11 is 0. The van der Waals surface area contributed by atoms with E-state index in [0.29, 0.717) is 11.6 Å². The highest BCUT2D eigenvalue weighted by molar-refractivity contribution is 5.66. The van der Waals surface area contributed by atoms with E-state index in [1.54, 1.807) is 6.20 Å². The lowest BCUT2D eigenvalue weighted by atomic mass is 9.95. The Labute approximate surface area is 131 Å². The monoisotopic (exact) mass is 297 g/mol. The fraction of sp³-hybridized carbons (Fsp3) is 0.389. The Balaban J connectivity index is 1.77. The van der Waals surface area contributed by atoms with Crippen molar-refractivity contribution in [2.75, 3.05) is 24.3 Å². The Morgan fingerprint density at radius 3 is 2.68 bits per heavy atom. The molecule has 3 N–H and O–H groups in total. The zero-order valence-electron chi connectivity index (χ0n) is 13.0. The standard InChI is InChI=1S/C18H23N3O/c1-13(14-5-3-2-4-6-14)21-18-11-17(20-12-16(18)19)15-7-9-22-10-8-15/h2-6,11-13,15H,7-10,19H2,1H3,(H,20,21)/t13-/m0/s1. The van der Waals surface area contributed by atoms with Crippen molar-refractivity contribution < 1.29 is 4.74 Å².